The number of nitrogens with zero attached hydrogens (tertiary/aromatic N) is 3. The van der Waals surface area contributed by atoms with E-state index in [4.69, 9.17) is 14.1 Å². The largest absolute Gasteiger partial charge is 0.412 e. The molecular formula is C18H33N3O2SSi. The average Bonchev–Trinajstić information content (AvgIpc) is 2.81. The third-order valence-corrected chi connectivity index (χ3v) is 10.3. The van der Waals surface area contributed by atoms with Crippen LogP contribution in [0.1, 0.15) is 38.4 Å². The normalized spacial score (nSPS) is 16.8. The van der Waals surface area contributed by atoms with E-state index in [9.17, 15) is 0 Å². The highest BCUT2D eigenvalue weighted by Gasteiger charge is 2.37. The standard InChI is InChI=1S/C18H33N3O2SSi/c1-14-15(13-23-25(6,7)18(2,3)4)16(20-17(19-14)24-5)21-9-8-11-22-12-10-21/h8-13H2,1-7H3. The molecule has 1 aromatic rings. The predicted octanol–water partition coefficient (Wildman–Crippen LogP) is 4.26. The van der Waals surface area contributed by atoms with E-state index in [1.165, 1.54) is 0 Å². The Morgan fingerprint density at radius 2 is 1.92 bits per heavy atom. The average molecular weight is 384 g/mol. The summed E-state index contributed by atoms with van der Waals surface area (Å²) in [6.45, 7) is 17.5. The number of hydrogen-bond acceptors (Lipinski definition) is 6. The Labute approximate surface area is 158 Å². The third kappa shape index (κ3) is 5.18. The maximum absolute atomic E-state index is 6.49. The lowest BCUT2D eigenvalue weighted by atomic mass is 10.2. The Balaban J connectivity index is 2.32. The summed E-state index contributed by atoms with van der Waals surface area (Å²) in [5.41, 5.74) is 2.16. The summed E-state index contributed by atoms with van der Waals surface area (Å²) in [5.74, 6) is 1.03. The van der Waals surface area contributed by atoms with Crippen molar-refractivity contribution in [2.45, 2.75) is 64.0 Å². The molecule has 0 amide bonds. The van der Waals surface area contributed by atoms with Crippen molar-refractivity contribution in [3.05, 3.63) is 11.3 Å². The number of aryl methyl sites for hydroxylation is 1. The van der Waals surface area contributed by atoms with Crippen molar-refractivity contribution in [2.75, 3.05) is 37.5 Å². The van der Waals surface area contributed by atoms with E-state index in [0.717, 1.165) is 55.0 Å². The minimum Gasteiger partial charge on any atom is -0.412 e. The molecule has 0 unspecified atom stereocenters. The highest BCUT2D eigenvalue weighted by Crippen LogP contribution is 2.38. The monoisotopic (exact) mass is 383 g/mol. The van der Waals surface area contributed by atoms with Crippen LogP contribution in [0, 0.1) is 6.92 Å². The zero-order valence-corrected chi connectivity index (χ0v) is 18.6. The summed E-state index contributed by atoms with van der Waals surface area (Å²) in [7, 11) is -1.82. The fourth-order valence-electron chi connectivity index (χ4n) is 2.50. The van der Waals surface area contributed by atoms with Gasteiger partial charge in [0.2, 0.25) is 0 Å². The molecule has 0 saturated carbocycles. The second kappa shape index (κ2) is 8.37. The van der Waals surface area contributed by atoms with E-state index in [0.29, 0.717) is 6.61 Å². The first kappa shape index (κ1) is 20.7. The molecule has 1 aliphatic heterocycles. The minimum atomic E-state index is -1.82. The summed E-state index contributed by atoms with van der Waals surface area (Å²) in [5, 5.41) is 1.02. The first-order valence-electron chi connectivity index (χ1n) is 9.04. The molecule has 2 heterocycles. The van der Waals surface area contributed by atoms with E-state index < -0.39 is 8.32 Å². The summed E-state index contributed by atoms with van der Waals surface area (Å²) >= 11 is 1.59. The van der Waals surface area contributed by atoms with Crippen molar-refractivity contribution in [3.63, 3.8) is 0 Å². The van der Waals surface area contributed by atoms with Crippen LogP contribution < -0.4 is 4.90 Å². The number of aromatic nitrogens is 2. The maximum atomic E-state index is 6.49. The Kier molecular flexibility index (Phi) is 6.92. The molecule has 0 aromatic carbocycles. The zero-order valence-electron chi connectivity index (χ0n) is 16.8. The first-order valence-corrected chi connectivity index (χ1v) is 13.2. The van der Waals surface area contributed by atoms with Gasteiger partial charge in [0, 0.05) is 31.0 Å². The fraction of sp³-hybridized carbons (Fsp3) is 0.778. The van der Waals surface area contributed by atoms with Crippen LogP contribution in [0.4, 0.5) is 5.82 Å². The molecule has 0 bridgehead atoms. The highest BCUT2D eigenvalue weighted by atomic mass is 32.2. The Morgan fingerprint density at radius 1 is 1.20 bits per heavy atom. The molecule has 0 N–H and O–H groups in total. The van der Waals surface area contributed by atoms with Crippen LogP contribution in [0.3, 0.4) is 0 Å². The molecule has 142 valence electrons. The lowest BCUT2D eigenvalue weighted by Crippen LogP contribution is -2.40. The van der Waals surface area contributed by atoms with Gasteiger partial charge in [-0.25, -0.2) is 9.97 Å². The Hall–Kier alpha value is -0.633. The SMILES string of the molecule is CSc1nc(C)c(CO[Si](C)(C)C(C)(C)C)c(N2CCCOCC2)n1. The molecule has 0 radical (unpaired) electrons. The molecular weight excluding hydrogens is 350 g/mol. The molecule has 7 heteroatoms. The van der Waals surface area contributed by atoms with Crippen LogP contribution in [-0.4, -0.2) is 50.8 Å². The lowest BCUT2D eigenvalue weighted by molar-refractivity contribution is 0.152. The van der Waals surface area contributed by atoms with Crippen LogP contribution in [-0.2, 0) is 15.8 Å². The van der Waals surface area contributed by atoms with Gasteiger partial charge in [-0.15, -0.1) is 0 Å². The Morgan fingerprint density at radius 3 is 2.56 bits per heavy atom. The van der Waals surface area contributed by atoms with Crippen molar-refractivity contribution in [3.8, 4) is 0 Å². The van der Waals surface area contributed by atoms with Gasteiger partial charge in [0.25, 0.3) is 0 Å². The van der Waals surface area contributed by atoms with E-state index in [-0.39, 0.29) is 5.04 Å². The summed E-state index contributed by atoms with van der Waals surface area (Å²) in [4.78, 5) is 11.8. The van der Waals surface area contributed by atoms with Crippen molar-refractivity contribution in [1.82, 2.24) is 9.97 Å². The molecule has 2 rings (SSSR count). The van der Waals surface area contributed by atoms with Crippen LogP contribution >= 0.6 is 11.8 Å². The van der Waals surface area contributed by atoms with Gasteiger partial charge in [0.1, 0.15) is 5.82 Å². The van der Waals surface area contributed by atoms with Gasteiger partial charge < -0.3 is 14.1 Å². The number of anilines is 1. The summed E-state index contributed by atoms with van der Waals surface area (Å²) in [6, 6.07) is 0. The smallest absolute Gasteiger partial charge is 0.192 e. The van der Waals surface area contributed by atoms with Crippen molar-refractivity contribution in [1.29, 1.82) is 0 Å². The fourth-order valence-corrected chi connectivity index (χ4v) is 3.85. The van der Waals surface area contributed by atoms with Crippen molar-refractivity contribution >= 4 is 25.9 Å². The third-order valence-electron chi connectivity index (χ3n) is 5.26. The van der Waals surface area contributed by atoms with E-state index >= 15 is 0 Å². The maximum Gasteiger partial charge on any atom is 0.192 e. The van der Waals surface area contributed by atoms with Crippen LogP contribution in [0.25, 0.3) is 0 Å². The molecule has 25 heavy (non-hydrogen) atoms. The lowest BCUT2D eigenvalue weighted by Gasteiger charge is -2.36. The van der Waals surface area contributed by atoms with Gasteiger partial charge in [-0.05, 0) is 37.7 Å². The number of ether oxygens (including phenoxy) is 1. The predicted molar refractivity (Wildman–Crippen MR) is 108 cm³/mol. The Bertz CT molecular complexity index is 582. The van der Waals surface area contributed by atoms with Crippen LogP contribution in [0.15, 0.2) is 5.16 Å². The van der Waals surface area contributed by atoms with E-state index in [2.05, 4.69) is 50.7 Å². The molecule has 1 aliphatic rings. The second-order valence-electron chi connectivity index (χ2n) is 8.10. The number of thioether (sulfide) groups is 1. The molecule has 1 saturated heterocycles. The van der Waals surface area contributed by atoms with Gasteiger partial charge in [-0.3, -0.25) is 0 Å². The first-order chi connectivity index (χ1) is 11.7. The minimum absolute atomic E-state index is 0.192. The van der Waals surface area contributed by atoms with Gasteiger partial charge >= 0.3 is 0 Å². The van der Waals surface area contributed by atoms with Gasteiger partial charge in [-0.2, -0.15) is 0 Å². The summed E-state index contributed by atoms with van der Waals surface area (Å²) in [6.07, 6.45) is 3.05. The number of rotatable bonds is 5. The highest BCUT2D eigenvalue weighted by molar-refractivity contribution is 7.98. The van der Waals surface area contributed by atoms with E-state index in [1.807, 2.05) is 6.26 Å². The molecule has 0 atom stereocenters. The quantitative estimate of drug-likeness (QED) is 0.430. The number of hydrogen-bond donors (Lipinski definition) is 0. The van der Waals surface area contributed by atoms with Crippen molar-refractivity contribution in [2.24, 2.45) is 0 Å². The van der Waals surface area contributed by atoms with Gasteiger partial charge in [-0.1, -0.05) is 32.5 Å². The molecule has 0 spiro atoms. The zero-order chi connectivity index (χ0) is 18.7. The molecule has 1 aromatic heterocycles. The second-order valence-corrected chi connectivity index (χ2v) is 13.7. The molecule has 0 aliphatic carbocycles. The van der Waals surface area contributed by atoms with Crippen LogP contribution in [0.2, 0.25) is 18.1 Å². The molecule has 5 nitrogen and oxygen atoms in total. The van der Waals surface area contributed by atoms with Crippen LogP contribution in [0.5, 0.6) is 0 Å². The van der Waals surface area contributed by atoms with Gasteiger partial charge in [0.15, 0.2) is 13.5 Å². The molecule has 1 fully saturated rings. The topological polar surface area (TPSA) is 47.5 Å². The van der Waals surface area contributed by atoms with Crippen molar-refractivity contribution < 1.29 is 9.16 Å². The van der Waals surface area contributed by atoms with Gasteiger partial charge in [0.05, 0.1) is 13.2 Å². The van der Waals surface area contributed by atoms with E-state index in [1.54, 1.807) is 11.8 Å². The summed E-state index contributed by atoms with van der Waals surface area (Å²) < 4.78 is 12.1.